The van der Waals surface area contributed by atoms with Crippen molar-refractivity contribution >= 4 is 5.82 Å². The van der Waals surface area contributed by atoms with Crippen molar-refractivity contribution in [3.63, 3.8) is 0 Å². The summed E-state index contributed by atoms with van der Waals surface area (Å²) in [5, 5.41) is 0. The van der Waals surface area contributed by atoms with Crippen LogP contribution in [0.1, 0.15) is 42.9 Å². The molecule has 3 nitrogen and oxygen atoms in total. The van der Waals surface area contributed by atoms with E-state index in [-0.39, 0.29) is 0 Å². The van der Waals surface area contributed by atoms with Crippen LogP contribution in [0.15, 0.2) is 12.3 Å². The minimum absolute atomic E-state index is 0.587. The minimum Gasteiger partial charge on any atom is -0.356 e. The van der Waals surface area contributed by atoms with E-state index in [1.54, 1.807) is 0 Å². The van der Waals surface area contributed by atoms with E-state index in [9.17, 15) is 0 Å². The second-order valence-corrected chi connectivity index (χ2v) is 5.74. The molecule has 2 aliphatic heterocycles. The molecular weight excluding hydrogens is 222 g/mol. The summed E-state index contributed by atoms with van der Waals surface area (Å²) in [6, 6.07) is 2.94. The highest BCUT2D eigenvalue weighted by Gasteiger charge is 2.24. The predicted octanol–water partition coefficient (Wildman–Crippen LogP) is 2.76. The number of hydrogen-bond donors (Lipinski definition) is 0. The Labute approximate surface area is 110 Å². The molecule has 1 atom stereocenters. The number of rotatable bonds is 2. The second-order valence-electron chi connectivity index (χ2n) is 5.74. The van der Waals surface area contributed by atoms with Crippen LogP contribution in [0.5, 0.6) is 0 Å². The minimum atomic E-state index is 0.587. The van der Waals surface area contributed by atoms with Gasteiger partial charge >= 0.3 is 0 Å². The standard InChI is InChI=1S/C15H23N3/c1-12-10-13(14-6-5-7-17(14)2)11-16-15(12)18-8-3-4-9-18/h10-11,14H,3-9H2,1-2H3/t14-/m0/s1. The zero-order valence-corrected chi connectivity index (χ0v) is 11.5. The van der Waals surface area contributed by atoms with Gasteiger partial charge in [0.05, 0.1) is 0 Å². The van der Waals surface area contributed by atoms with Gasteiger partial charge < -0.3 is 4.90 Å². The Kier molecular flexibility index (Phi) is 3.25. The summed E-state index contributed by atoms with van der Waals surface area (Å²) in [6.07, 6.45) is 7.32. The highest BCUT2D eigenvalue weighted by atomic mass is 15.2. The molecular formula is C15H23N3. The Bertz CT molecular complexity index is 424. The summed E-state index contributed by atoms with van der Waals surface area (Å²) in [5.41, 5.74) is 2.74. The first-order valence-corrected chi connectivity index (χ1v) is 7.17. The van der Waals surface area contributed by atoms with Crippen molar-refractivity contribution in [2.45, 2.75) is 38.6 Å². The summed E-state index contributed by atoms with van der Waals surface area (Å²) >= 11 is 0. The average Bonchev–Trinajstić information content (AvgIpc) is 2.99. The molecule has 18 heavy (non-hydrogen) atoms. The fraction of sp³-hybridized carbons (Fsp3) is 0.667. The molecule has 0 aliphatic carbocycles. The third kappa shape index (κ3) is 2.12. The van der Waals surface area contributed by atoms with Gasteiger partial charge in [-0.25, -0.2) is 4.98 Å². The van der Waals surface area contributed by atoms with E-state index < -0.39 is 0 Å². The van der Waals surface area contributed by atoms with Gasteiger partial charge in [-0.2, -0.15) is 0 Å². The normalized spacial score (nSPS) is 25.0. The maximum Gasteiger partial charge on any atom is 0.131 e. The van der Waals surface area contributed by atoms with Crippen molar-refractivity contribution in [3.05, 3.63) is 23.4 Å². The van der Waals surface area contributed by atoms with Gasteiger partial charge in [0.15, 0.2) is 0 Å². The Balaban J connectivity index is 1.84. The Morgan fingerprint density at radius 1 is 1.17 bits per heavy atom. The Morgan fingerprint density at radius 2 is 1.94 bits per heavy atom. The topological polar surface area (TPSA) is 19.4 Å². The summed E-state index contributed by atoms with van der Waals surface area (Å²) in [4.78, 5) is 9.62. The molecule has 0 saturated carbocycles. The van der Waals surface area contributed by atoms with Crippen LogP contribution in [0.3, 0.4) is 0 Å². The van der Waals surface area contributed by atoms with Gasteiger partial charge in [-0.15, -0.1) is 0 Å². The molecule has 2 saturated heterocycles. The van der Waals surface area contributed by atoms with Crippen LogP contribution in [-0.2, 0) is 0 Å². The van der Waals surface area contributed by atoms with Gasteiger partial charge in [-0.05, 0) is 63.4 Å². The molecule has 0 bridgehead atoms. The highest BCUT2D eigenvalue weighted by molar-refractivity contribution is 5.48. The maximum absolute atomic E-state index is 4.74. The van der Waals surface area contributed by atoms with Crippen molar-refractivity contribution < 1.29 is 0 Å². The number of likely N-dealkylation sites (tertiary alicyclic amines) is 1. The third-order valence-corrected chi connectivity index (χ3v) is 4.38. The molecule has 0 spiro atoms. The molecule has 3 heteroatoms. The van der Waals surface area contributed by atoms with Gasteiger partial charge in [0.1, 0.15) is 5.82 Å². The number of pyridine rings is 1. The second kappa shape index (κ2) is 4.88. The summed E-state index contributed by atoms with van der Waals surface area (Å²) in [6.45, 7) is 5.78. The molecule has 98 valence electrons. The molecule has 0 N–H and O–H groups in total. The van der Waals surface area contributed by atoms with Gasteiger partial charge in [-0.3, -0.25) is 4.90 Å². The van der Waals surface area contributed by atoms with Crippen LogP contribution in [0.2, 0.25) is 0 Å². The lowest BCUT2D eigenvalue weighted by molar-refractivity contribution is 0.317. The fourth-order valence-corrected chi connectivity index (χ4v) is 3.36. The van der Waals surface area contributed by atoms with Crippen LogP contribution < -0.4 is 4.90 Å². The molecule has 1 aromatic heterocycles. The SMILES string of the molecule is Cc1cc([C@@H]2CCCN2C)cnc1N1CCCC1. The molecule has 1 aromatic rings. The van der Waals surface area contributed by atoms with Crippen LogP contribution in [0.4, 0.5) is 5.82 Å². The summed E-state index contributed by atoms with van der Waals surface area (Å²) < 4.78 is 0. The molecule has 3 rings (SSSR count). The number of aromatic nitrogens is 1. The number of aryl methyl sites for hydroxylation is 1. The van der Waals surface area contributed by atoms with Crippen LogP contribution in [-0.4, -0.2) is 36.6 Å². The number of hydrogen-bond acceptors (Lipinski definition) is 3. The average molecular weight is 245 g/mol. The molecule has 0 unspecified atom stereocenters. The van der Waals surface area contributed by atoms with E-state index in [1.165, 1.54) is 62.3 Å². The highest BCUT2D eigenvalue weighted by Crippen LogP contribution is 2.32. The quantitative estimate of drug-likeness (QED) is 0.798. The first-order chi connectivity index (χ1) is 8.75. The first kappa shape index (κ1) is 12.0. The third-order valence-electron chi connectivity index (χ3n) is 4.38. The Morgan fingerprint density at radius 3 is 2.56 bits per heavy atom. The Hall–Kier alpha value is -1.09. The van der Waals surface area contributed by atoms with E-state index in [1.807, 2.05) is 0 Å². The van der Waals surface area contributed by atoms with Gasteiger partial charge in [0.2, 0.25) is 0 Å². The van der Waals surface area contributed by atoms with Crippen LogP contribution in [0, 0.1) is 6.92 Å². The lowest BCUT2D eigenvalue weighted by atomic mass is 10.0. The van der Waals surface area contributed by atoms with Crippen molar-refractivity contribution in [2.24, 2.45) is 0 Å². The molecule has 3 heterocycles. The molecule has 0 radical (unpaired) electrons. The number of nitrogens with zero attached hydrogens (tertiary/aromatic N) is 3. The zero-order valence-electron chi connectivity index (χ0n) is 11.5. The molecule has 2 aliphatic rings. The van der Waals surface area contributed by atoms with Gasteiger partial charge in [0, 0.05) is 25.3 Å². The van der Waals surface area contributed by atoms with Gasteiger partial charge in [-0.1, -0.05) is 0 Å². The smallest absolute Gasteiger partial charge is 0.131 e. The van der Waals surface area contributed by atoms with Crippen LogP contribution >= 0.6 is 0 Å². The van der Waals surface area contributed by atoms with E-state index in [0.29, 0.717) is 6.04 Å². The monoisotopic (exact) mass is 245 g/mol. The summed E-state index contributed by atoms with van der Waals surface area (Å²) in [5.74, 6) is 1.21. The lowest BCUT2D eigenvalue weighted by Crippen LogP contribution is -2.21. The summed E-state index contributed by atoms with van der Waals surface area (Å²) in [7, 11) is 2.22. The van der Waals surface area contributed by atoms with E-state index >= 15 is 0 Å². The van der Waals surface area contributed by atoms with Crippen LogP contribution in [0.25, 0.3) is 0 Å². The van der Waals surface area contributed by atoms with Crippen molar-refractivity contribution in [2.75, 3.05) is 31.6 Å². The van der Waals surface area contributed by atoms with E-state index in [0.717, 1.165) is 0 Å². The van der Waals surface area contributed by atoms with Crippen molar-refractivity contribution in [3.8, 4) is 0 Å². The lowest BCUT2D eigenvalue weighted by Gasteiger charge is -2.23. The van der Waals surface area contributed by atoms with Crippen molar-refractivity contribution in [1.82, 2.24) is 9.88 Å². The van der Waals surface area contributed by atoms with Crippen molar-refractivity contribution in [1.29, 1.82) is 0 Å². The molecule has 0 aromatic carbocycles. The molecule has 2 fully saturated rings. The van der Waals surface area contributed by atoms with Gasteiger partial charge in [0.25, 0.3) is 0 Å². The van der Waals surface area contributed by atoms with E-state index in [2.05, 4.69) is 36.0 Å². The number of anilines is 1. The van der Waals surface area contributed by atoms with E-state index in [4.69, 9.17) is 4.98 Å². The maximum atomic E-state index is 4.74. The zero-order chi connectivity index (χ0) is 12.5. The fourth-order valence-electron chi connectivity index (χ4n) is 3.36. The molecule has 0 amide bonds. The first-order valence-electron chi connectivity index (χ1n) is 7.17. The largest absolute Gasteiger partial charge is 0.356 e. The predicted molar refractivity (Wildman–Crippen MR) is 75.0 cm³/mol.